The lowest BCUT2D eigenvalue weighted by Gasteiger charge is -2.28. The molecule has 0 spiro atoms. The summed E-state index contributed by atoms with van der Waals surface area (Å²) in [6.45, 7) is 5.76. The normalized spacial score (nSPS) is 22.5. The van der Waals surface area contributed by atoms with Crippen LogP contribution in [0, 0.1) is 12.3 Å². The quantitative estimate of drug-likeness (QED) is 0.644. The lowest BCUT2D eigenvalue weighted by atomic mass is 9.73. The van der Waals surface area contributed by atoms with Gasteiger partial charge in [0.15, 0.2) is 0 Å². The zero-order valence-corrected chi connectivity index (χ0v) is 19.1. The van der Waals surface area contributed by atoms with E-state index in [4.69, 9.17) is 0 Å². The van der Waals surface area contributed by atoms with E-state index in [2.05, 4.69) is 10.3 Å². The Morgan fingerprint density at radius 3 is 2.23 bits per heavy atom. The van der Waals surface area contributed by atoms with Gasteiger partial charge in [-0.05, 0) is 61.4 Å². The second kappa shape index (κ2) is 8.96. The minimum atomic E-state index is -0.738. The number of hydrogen-bond acceptors (Lipinski definition) is 4. The number of halogens is 1. The second-order valence-corrected chi connectivity index (χ2v) is 8.50. The molecule has 1 aromatic carbocycles. The molecule has 2 aromatic rings. The summed E-state index contributed by atoms with van der Waals surface area (Å²) < 4.78 is 0. The fourth-order valence-corrected chi connectivity index (χ4v) is 4.07. The number of carbonyl (C=O) groups excluding carboxylic acids is 2. The van der Waals surface area contributed by atoms with E-state index in [-0.39, 0.29) is 46.6 Å². The molecule has 30 heavy (non-hydrogen) atoms. The molecule has 4 N–H and O–H groups in total. The van der Waals surface area contributed by atoms with Gasteiger partial charge >= 0.3 is 0 Å². The number of pyridine rings is 1. The maximum atomic E-state index is 12.2. The van der Waals surface area contributed by atoms with Crippen LogP contribution in [0.1, 0.15) is 79.1 Å². The molecular weight excluding hydrogens is 448 g/mol. The van der Waals surface area contributed by atoms with Crippen LogP contribution in [0.3, 0.4) is 0 Å². The van der Waals surface area contributed by atoms with Crippen molar-refractivity contribution < 1.29 is 20.2 Å². The lowest BCUT2D eigenvalue weighted by molar-refractivity contribution is -0.128. The number of aromatic nitrogens is 1. The van der Waals surface area contributed by atoms with Gasteiger partial charge in [-0.15, -0.1) is 17.0 Å². The number of rotatable bonds is 5. The Kier molecular flexibility index (Phi) is 7.22. The Bertz CT molecular complexity index is 943. The number of aliphatic hydroxyl groups excluding tert-OH is 1. The number of nitrogens with zero attached hydrogens (tertiary/aromatic N) is 1. The van der Waals surface area contributed by atoms with E-state index >= 15 is 0 Å². The van der Waals surface area contributed by atoms with Gasteiger partial charge in [0, 0.05) is 23.7 Å². The third-order valence-corrected chi connectivity index (χ3v) is 6.31. The van der Waals surface area contributed by atoms with Gasteiger partial charge in [-0.1, -0.05) is 31.2 Å². The highest BCUT2D eigenvalue weighted by Gasteiger charge is 2.47. The summed E-state index contributed by atoms with van der Waals surface area (Å²) >= 11 is 0. The van der Waals surface area contributed by atoms with Crippen molar-refractivity contribution in [3.05, 3.63) is 64.5 Å². The zero-order valence-electron chi connectivity index (χ0n) is 17.4. The van der Waals surface area contributed by atoms with Crippen LogP contribution in [0.25, 0.3) is 0 Å². The molecule has 1 unspecified atom stereocenters. The number of aryl methyl sites for hydroxylation is 1. The molecule has 7 heteroatoms. The summed E-state index contributed by atoms with van der Waals surface area (Å²) in [4.78, 5) is 28.5. The highest BCUT2D eigenvalue weighted by atomic mass is 79.9. The van der Waals surface area contributed by atoms with E-state index in [1.54, 1.807) is 0 Å². The first-order chi connectivity index (χ1) is 13.3. The van der Waals surface area contributed by atoms with Crippen LogP contribution in [-0.2, 0) is 9.59 Å². The van der Waals surface area contributed by atoms with Crippen molar-refractivity contribution in [1.29, 1.82) is 0 Å². The van der Waals surface area contributed by atoms with Crippen LogP contribution >= 0.6 is 17.0 Å². The molecule has 1 aliphatic carbocycles. The molecule has 2 aliphatic rings. The van der Waals surface area contributed by atoms with Crippen LogP contribution in [0.4, 0.5) is 0 Å². The molecule has 6 nitrogen and oxygen atoms in total. The average Bonchev–Trinajstić information content (AvgIpc) is 3.47. The van der Waals surface area contributed by atoms with Gasteiger partial charge in [0.1, 0.15) is 6.10 Å². The van der Waals surface area contributed by atoms with Gasteiger partial charge in [0.2, 0.25) is 11.8 Å². The van der Waals surface area contributed by atoms with E-state index < -0.39 is 11.5 Å². The summed E-state index contributed by atoms with van der Waals surface area (Å²) in [6, 6.07) is 11.6. The van der Waals surface area contributed by atoms with Crippen molar-refractivity contribution in [2.24, 2.45) is 5.41 Å². The standard InChI is InChI=1S/C23H26N2O3.BrH.H2O/c1-13-10-18(11-19(24-13)16-6-7-16)21(27)17-8-4-15(5-9-17)14(2)23(3)12-20(26)25-22(23)28;;/h4-5,8-11,14,16,21,27H,6-7,12H2,1-3H3,(H,25,26,28);1H;1H2/t14-,21?,23+;;/m1../s1. The Balaban J connectivity index is 0.00000160. The van der Waals surface area contributed by atoms with Crippen LogP contribution in [0.5, 0.6) is 0 Å². The highest BCUT2D eigenvalue weighted by molar-refractivity contribution is 8.93. The number of benzene rings is 1. The van der Waals surface area contributed by atoms with Gasteiger partial charge in [-0.25, -0.2) is 0 Å². The predicted molar refractivity (Wildman–Crippen MR) is 120 cm³/mol. The fourth-order valence-electron chi connectivity index (χ4n) is 4.07. The van der Waals surface area contributed by atoms with E-state index in [1.165, 1.54) is 12.8 Å². The van der Waals surface area contributed by atoms with Crippen molar-refractivity contribution >= 4 is 28.8 Å². The largest absolute Gasteiger partial charge is 0.412 e. The third kappa shape index (κ3) is 4.48. The molecule has 1 aliphatic heterocycles. The first-order valence-corrected chi connectivity index (χ1v) is 9.88. The number of hydrogen-bond donors (Lipinski definition) is 2. The first kappa shape index (κ1) is 24.2. The summed E-state index contributed by atoms with van der Waals surface area (Å²) in [6.07, 6.45) is 1.84. The fraction of sp³-hybridized carbons (Fsp3) is 0.435. The maximum Gasteiger partial charge on any atom is 0.233 e. The van der Waals surface area contributed by atoms with E-state index in [0.29, 0.717) is 5.92 Å². The maximum absolute atomic E-state index is 12.2. The molecule has 2 heterocycles. The molecule has 2 fully saturated rings. The Morgan fingerprint density at radius 2 is 1.70 bits per heavy atom. The Labute approximate surface area is 187 Å². The van der Waals surface area contributed by atoms with Crippen molar-refractivity contribution in [3.8, 4) is 0 Å². The SMILES string of the molecule is Br.Cc1cc(C(O)c2ccc([C@@H](C)[C@]3(C)CC(=O)NC3=O)cc2)cc(C2CC2)n1.O. The number of nitrogens with one attached hydrogen (secondary N) is 1. The number of amides is 2. The molecule has 1 aromatic heterocycles. The number of imide groups is 1. The van der Waals surface area contributed by atoms with Gasteiger partial charge in [0.25, 0.3) is 0 Å². The van der Waals surface area contributed by atoms with Crippen molar-refractivity contribution in [2.45, 2.75) is 58.0 Å². The summed E-state index contributed by atoms with van der Waals surface area (Å²) in [5, 5.41) is 13.3. The zero-order chi connectivity index (χ0) is 20.1. The van der Waals surface area contributed by atoms with Crippen molar-refractivity contribution in [1.82, 2.24) is 10.3 Å². The smallest absolute Gasteiger partial charge is 0.233 e. The van der Waals surface area contributed by atoms with Crippen LogP contribution < -0.4 is 5.32 Å². The van der Waals surface area contributed by atoms with Gasteiger partial charge in [0.05, 0.1) is 5.41 Å². The first-order valence-electron chi connectivity index (χ1n) is 9.88. The minimum Gasteiger partial charge on any atom is -0.412 e. The third-order valence-electron chi connectivity index (χ3n) is 6.31. The van der Waals surface area contributed by atoms with Crippen molar-refractivity contribution in [2.75, 3.05) is 0 Å². The lowest BCUT2D eigenvalue weighted by Crippen LogP contribution is -2.33. The summed E-state index contributed by atoms with van der Waals surface area (Å²) in [5.74, 6) is 0.00441. The second-order valence-electron chi connectivity index (χ2n) is 8.50. The monoisotopic (exact) mass is 476 g/mol. The molecule has 1 saturated carbocycles. The molecule has 1 saturated heterocycles. The van der Waals surface area contributed by atoms with E-state index in [1.807, 2.05) is 57.2 Å². The molecule has 0 radical (unpaired) electrons. The molecule has 0 bridgehead atoms. The molecule has 4 rings (SSSR count). The Morgan fingerprint density at radius 1 is 1.10 bits per heavy atom. The number of aliphatic hydroxyl groups is 1. The number of carbonyl (C=O) groups is 2. The molecule has 162 valence electrons. The van der Waals surface area contributed by atoms with Crippen molar-refractivity contribution in [3.63, 3.8) is 0 Å². The summed E-state index contributed by atoms with van der Waals surface area (Å²) in [5.41, 5.74) is 3.91. The molecule has 3 atom stereocenters. The average molecular weight is 477 g/mol. The van der Waals surface area contributed by atoms with E-state index in [9.17, 15) is 14.7 Å². The van der Waals surface area contributed by atoms with E-state index in [0.717, 1.165) is 28.1 Å². The van der Waals surface area contributed by atoms with Crippen LogP contribution in [0.15, 0.2) is 36.4 Å². The molecular formula is C23H29BrN2O4. The van der Waals surface area contributed by atoms with Gasteiger partial charge in [-0.2, -0.15) is 0 Å². The highest BCUT2D eigenvalue weighted by Crippen LogP contribution is 2.42. The predicted octanol–water partition coefficient (Wildman–Crippen LogP) is 3.26. The topological polar surface area (TPSA) is 111 Å². The van der Waals surface area contributed by atoms with Crippen LogP contribution in [0.2, 0.25) is 0 Å². The Hall–Kier alpha value is -2.09. The minimum absolute atomic E-state index is 0. The molecule has 2 amide bonds. The van der Waals surface area contributed by atoms with Gasteiger partial charge in [-0.3, -0.25) is 19.9 Å². The summed E-state index contributed by atoms with van der Waals surface area (Å²) in [7, 11) is 0. The van der Waals surface area contributed by atoms with Crippen LogP contribution in [-0.4, -0.2) is 27.4 Å². The van der Waals surface area contributed by atoms with Gasteiger partial charge < -0.3 is 10.6 Å².